The summed E-state index contributed by atoms with van der Waals surface area (Å²) in [7, 11) is 1.47. The maximum Gasteiger partial charge on any atom is 0.276 e. The van der Waals surface area contributed by atoms with Gasteiger partial charge < -0.3 is 0 Å². The van der Waals surface area contributed by atoms with Crippen LogP contribution < -0.4 is 11.1 Å². The topological polar surface area (TPSA) is 54.9 Å². The molecule has 0 radical (unpaired) electrons. The van der Waals surface area contributed by atoms with Gasteiger partial charge in [0.1, 0.15) is 0 Å². The van der Waals surface area contributed by atoms with Crippen molar-refractivity contribution in [3.63, 3.8) is 0 Å². The van der Waals surface area contributed by atoms with Gasteiger partial charge in [-0.15, -0.1) is 12.6 Å². The first-order chi connectivity index (χ1) is 4.61. The summed E-state index contributed by atoms with van der Waals surface area (Å²) < 4.78 is 1.10. The zero-order valence-corrected chi connectivity index (χ0v) is 6.18. The molecule has 1 N–H and O–H groups in total. The van der Waals surface area contributed by atoms with Gasteiger partial charge >= 0.3 is 0 Å². The Bertz CT molecular complexity index is 316. The van der Waals surface area contributed by atoms with E-state index in [-0.39, 0.29) is 16.0 Å². The molecular weight excluding hydrogens is 152 g/mol. The number of nitrogens with zero attached hydrogens (tertiary/aromatic N) is 1. The van der Waals surface area contributed by atoms with E-state index in [1.807, 2.05) is 0 Å². The number of hydrogen-bond donors (Lipinski definition) is 2. The van der Waals surface area contributed by atoms with Gasteiger partial charge in [-0.05, 0) is 0 Å². The Morgan fingerprint density at radius 3 is 2.70 bits per heavy atom. The van der Waals surface area contributed by atoms with Crippen LogP contribution in [0, 0.1) is 0 Å². The van der Waals surface area contributed by atoms with E-state index < -0.39 is 0 Å². The first-order valence-electron chi connectivity index (χ1n) is 2.60. The van der Waals surface area contributed by atoms with Gasteiger partial charge in [0.05, 0.1) is 4.90 Å². The highest BCUT2D eigenvalue weighted by molar-refractivity contribution is 7.80. The van der Waals surface area contributed by atoms with Crippen molar-refractivity contribution in [2.75, 3.05) is 0 Å². The molecule has 0 atom stereocenters. The van der Waals surface area contributed by atoms with Crippen molar-refractivity contribution in [1.82, 2.24) is 9.78 Å². The largest absolute Gasteiger partial charge is 0.276 e. The van der Waals surface area contributed by atoms with Crippen molar-refractivity contribution in [1.29, 1.82) is 0 Å². The molecule has 0 fully saturated rings. The molecule has 0 saturated heterocycles. The van der Waals surface area contributed by atoms with Crippen LogP contribution in [0.25, 0.3) is 0 Å². The Kier molecular flexibility index (Phi) is 1.67. The van der Waals surface area contributed by atoms with Crippen LogP contribution >= 0.6 is 12.6 Å². The Balaban J connectivity index is 3.59. The highest BCUT2D eigenvalue weighted by atomic mass is 32.1. The monoisotopic (exact) mass is 158 g/mol. The third-order valence-corrected chi connectivity index (χ3v) is 1.42. The van der Waals surface area contributed by atoms with Gasteiger partial charge in [0, 0.05) is 13.1 Å². The summed E-state index contributed by atoms with van der Waals surface area (Å²) in [6.07, 6.45) is 0. The van der Waals surface area contributed by atoms with Gasteiger partial charge in [-0.3, -0.25) is 19.4 Å². The zero-order valence-electron chi connectivity index (χ0n) is 5.29. The first-order valence-corrected chi connectivity index (χ1v) is 3.05. The average Bonchev–Trinajstić information content (AvgIpc) is 1.84. The van der Waals surface area contributed by atoms with Crippen LogP contribution in [0.1, 0.15) is 0 Å². The summed E-state index contributed by atoms with van der Waals surface area (Å²) in [6, 6.07) is 1.17. The van der Waals surface area contributed by atoms with Crippen molar-refractivity contribution in [2.45, 2.75) is 4.90 Å². The summed E-state index contributed by atoms with van der Waals surface area (Å²) in [6.45, 7) is 0. The van der Waals surface area contributed by atoms with E-state index in [4.69, 9.17) is 0 Å². The lowest BCUT2D eigenvalue weighted by atomic mass is 10.6. The van der Waals surface area contributed by atoms with Crippen LogP contribution in [0.4, 0.5) is 0 Å². The van der Waals surface area contributed by atoms with Crippen LogP contribution in [0.5, 0.6) is 0 Å². The van der Waals surface area contributed by atoms with Crippen LogP contribution in [-0.2, 0) is 7.05 Å². The molecule has 0 aliphatic rings. The molecule has 1 rings (SSSR count). The molecule has 0 unspecified atom stereocenters. The van der Waals surface area contributed by atoms with Crippen molar-refractivity contribution >= 4 is 12.6 Å². The van der Waals surface area contributed by atoms with Crippen molar-refractivity contribution in [3.8, 4) is 0 Å². The number of rotatable bonds is 0. The van der Waals surface area contributed by atoms with E-state index in [1.165, 1.54) is 13.1 Å². The summed E-state index contributed by atoms with van der Waals surface area (Å²) in [5, 5.41) is 2.28. The molecule has 10 heavy (non-hydrogen) atoms. The van der Waals surface area contributed by atoms with Crippen molar-refractivity contribution < 1.29 is 0 Å². The predicted octanol–water partition coefficient (Wildman–Crippen LogP) is -0.638. The second-order valence-electron chi connectivity index (χ2n) is 1.87. The van der Waals surface area contributed by atoms with Crippen molar-refractivity contribution in [3.05, 3.63) is 26.8 Å². The number of aromatic amines is 1. The highest BCUT2D eigenvalue weighted by Gasteiger charge is 1.94. The molecule has 4 nitrogen and oxygen atoms in total. The van der Waals surface area contributed by atoms with Gasteiger partial charge in [0.15, 0.2) is 0 Å². The molecule has 0 spiro atoms. The minimum absolute atomic E-state index is 0.142. The lowest BCUT2D eigenvalue weighted by molar-refractivity contribution is 0.678. The molecule has 0 bridgehead atoms. The minimum Gasteiger partial charge on any atom is -0.268 e. The Hall–Kier alpha value is -0.970. The van der Waals surface area contributed by atoms with E-state index in [0.717, 1.165) is 4.68 Å². The molecule has 1 heterocycles. The number of hydrogen-bond acceptors (Lipinski definition) is 3. The Morgan fingerprint density at radius 2 is 2.20 bits per heavy atom. The SMILES string of the molecule is Cn1[nH]c(=O)c(S)cc1=O. The molecule has 5 heteroatoms. The normalized spacial score (nSPS) is 9.80. The summed E-state index contributed by atoms with van der Waals surface area (Å²) in [4.78, 5) is 21.6. The summed E-state index contributed by atoms with van der Waals surface area (Å²) in [5.41, 5.74) is -0.630. The molecule has 1 aromatic rings. The molecule has 0 saturated carbocycles. The van der Waals surface area contributed by atoms with E-state index in [1.54, 1.807) is 0 Å². The third-order valence-electron chi connectivity index (χ3n) is 1.09. The molecule has 54 valence electrons. The van der Waals surface area contributed by atoms with Crippen molar-refractivity contribution in [2.24, 2.45) is 7.05 Å². The third kappa shape index (κ3) is 1.13. The second kappa shape index (κ2) is 2.34. The average molecular weight is 158 g/mol. The van der Waals surface area contributed by atoms with Gasteiger partial charge in [-0.25, -0.2) is 0 Å². The maximum atomic E-state index is 10.7. The second-order valence-corrected chi connectivity index (χ2v) is 2.35. The van der Waals surface area contributed by atoms with Crippen LogP contribution in [0.2, 0.25) is 0 Å². The Morgan fingerprint density at radius 1 is 1.60 bits per heavy atom. The fourth-order valence-electron chi connectivity index (χ4n) is 0.544. The molecule has 0 aliphatic carbocycles. The Labute approximate surface area is 61.9 Å². The van der Waals surface area contributed by atoms with Crippen LogP contribution in [0.3, 0.4) is 0 Å². The number of aryl methyl sites for hydroxylation is 1. The minimum atomic E-state index is -0.356. The molecular formula is C5H6N2O2S. The zero-order chi connectivity index (χ0) is 7.72. The van der Waals surface area contributed by atoms with E-state index in [0.29, 0.717) is 0 Å². The fourth-order valence-corrected chi connectivity index (χ4v) is 0.704. The number of nitrogens with one attached hydrogen (secondary N) is 1. The van der Waals surface area contributed by atoms with E-state index >= 15 is 0 Å². The summed E-state index contributed by atoms with van der Waals surface area (Å²) in [5.74, 6) is 0. The smallest absolute Gasteiger partial charge is 0.268 e. The van der Waals surface area contributed by atoms with Crippen LogP contribution in [0.15, 0.2) is 20.6 Å². The number of thiol groups is 1. The molecule has 0 amide bonds. The quantitative estimate of drug-likeness (QED) is 0.493. The molecule has 1 aromatic heterocycles. The number of H-pyrrole nitrogens is 1. The van der Waals surface area contributed by atoms with E-state index in [9.17, 15) is 9.59 Å². The van der Waals surface area contributed by atoms with Gasteiger partial charge in [-0.2, -0.15) is 0 Å². The molecule has 0 aliphatic heterocycles. The summed E-state index contributed by atoms with van der Waals surface area (Å²) >= 11 is 3.76. The van der Waals surface area contributed by atoms with E-state index in [2.05, 4.69) is 17.7 Å². The fraction of sp³-hybridized carbons (Fsp3) is 0.200. The van der Waals surface area contributed by atoms with Gasteiger partial charge in [0.2, 0.25) is 0 Å². The van der Waals surface area contributed by atoms with Gasteiger partial charge in [-0.1, -0.05) is 0 Å². The lowest BCUT2D eigenvalue weighted by Gasteiger charge is -1.94. The predicted molar refractivity (Wildman–Crippen MR) is 39.6 cm³/mol. The highest BCUT2D eigenvalue weighted by Crippen LogP contribution is 1.87. The first kappa shape index (κ1) is 7.14. The van der Waals surface area contributed by atoms with Gasteiger partial charge in [0.25, 0.3) is 11.1 Å². The number of aromatic nitrogens is 2. The lowest BCUT2D eigenvalue weighted by Crippen LogP contribution is -2.26. The standard InChI is InChI=1S/C5H6N2O2S/c1-7-4(8)2-3(10)5(9)6-7/h2,10H,1H3,(H,6,9). The molecule has 0 aromatic carbocycles. The van der Waals surface area contributed by atoms with Crippen LogP contribution in [-0.4, -0.2) is 9.78 Å². The maximum absolute atomic E-state index is 10.7.